The minimum Gasteiger partial charge on any atom is -0.378 e. The predicted octanol–water partition coefficient (Wildman–Crippen LogP) is 3.39. The van der Waals surface area contributed by atoms with Crippen LogP contribution < -0.4 is 10.2 Å². The Morgan fingerprint density at radius 3 is 2.54 bits per heavy atom. The van der Waals surface area contributed by atoms with Gasteiger partial charge in [0.25, 0.3) is 0 Å². The maximum Gasteiger partial charge on any atom is 0.229 e. The second kappa shape index (κ2) is 7.79. The van der Waals surface area contributed by atoms with Crippen molar-refractivity contribution < 1.29 is 9.59 Å². The van der Waals surface area contributed by atoms with Crippen molar-refractivity contribution in [1.29, 1.82) is 0 Å². The number of benzene rings is 2. The highest BCUT2D eigenvalue weighted by molar-refractivity contribution is 6.31. The van der Waals surface area contributed by atoms with E-state index >= 15 is 0 Å². The molecule has 26 heavy (non-hydrogen) atoms. The molecule has 2 aromatic rings. The molecule has 2 amide bonds. The summed E-state index contributed by atoms with van der Waals surface area (Å²) in [7, 11) is 3.93. The number of anilines is 2. The number of nitrogens with zero attached hydrogens (tertiary/aromatic N) is 2. The number of amides is 2. The van der Waals surface area contributed by atoms with Crippen LogP contribution in [0.3, 0.4) is 0 Å². The third-order valence-corrected chi connectivity index (χ3v) is 4.92. The third kappa shape index (κ3) is 4.17. The Balaban J connectivity index is 1.61. The minimum atomic E-state index is -0.349. The molecule has 0 aromatic heterocycles. The van der Waals surface area contributed by atoms with Gasteiger partial charge >= 0.3 is 0 Å². The zero-order valence-corrected chi connectivity index (χ0v) is 15.7. The summed E-state index contributed by atoms with van der Waals surface area (Å²) in [5.41, 5.74) is 2.69. The molecular weight excluding hydrogens is 350 g/mol. The quantitative estimate of drug-likeness (QED) is 0.876. The van der Waals surface area contributed by atoms with E-state index in [1.54, 1.807) is 11.0 Å². The molecule has 3 rings (SSSR count). The number of hydrogen-bond donors (Lipinski definition) is 1. The second-order valence-corrected chi connectivity index (χ2v) is 7.10. The first kappa shape index (κ1) is 18.3. The molecule has 1 unspecified atom stereocenters. The molecule has 1 saturated heterocycles. The highest BCUT2D eigenvalue weighted by atomic mass is 35.5. The van der Waals surface area contributed by atoms with Gasteiger partial charge in [0.15, 0.2) is 0 Å². The molecule has 0 radical (unpaired) electrons. The summed E-state index contributed by atoms with van der Waals surface area (Å²) in [6, 6.07) is 15.1. The Kier molecular flexibility index (Phi) is 5.47. The van der Waals surface area contributed by atoms with Crippen LogP contribution in [0.2, 0.25) is 5.02 Å². The molecule has 6 heteroatoms. The molecule has 1 aliphatic heterocycles. The normalized spacial score (nSPS) is 16.7. The van der Waals surface area contributed by atoms with Gasteiger partial charge in [-0.2, -0.15) is 0 Å². The first-order chi connectivity index (χ1) is 12.4. The molecule has 1 aliphatic rings. The van der Waals surface area contributed by atoms with Crippen LogP contribution in [-0.2, 0) is 16.1 Å². The molecule has 1 N–H and O–H groups in total. The van der Waals surface area contributed by atoms with E-state index in [0.29, 0.717) is 18.1 Å². The van der Waals surface area contributed by atoms with Crippen molar-refractivity contribution in [3.63, 3.8) is 0 Å². The van der Waals surface area contributed by atoms with E-state index in [1.165, 1.54) is 0 Å². The number of rotatable bonds is 5. The molecule has 1 heterocycles. The van der Waals surface area contributed by atoms with Gasteiger partial charge in [-0.25, -0.2) is 0 Å². The fourth-order valence-corrected chi connectivity index (χ4v) is 3.22. The van der Waals surface area contributed by atoms with Gasteiger partial charge in [0, 0.05) is 50.0 Å². The van der Waals surface area contributed by atoms with Gasteiger partial charge in [-0.1, -0.05) is 29.8 Å². The van der Waals surface area contributed by atoms with Crippen molar-refractivity contribution in [3.05, 3.63) is 59.1 Å². The standard InChI is InChI=1S/C20H22ClN3O2/c1-23(2)17-9-7-16(8-10-17)22-20(26)15-11-19(25)24(13-15)12-14-5-3-4-6-18(14)21/h3-10,15H,11-13H2,1-2H3,(H,22,26). The Morgan fingerprint density at radius 2 is 1.88 bits per heavy atom. The van der Waals surface area contributed by atoms with Crippen LogP contribution in [0, 0.1) is 5.92 Å². The highest BCUT2D eigenvalue weighted by Crippen LogP contribution is 2.25. The zero-order valence-electron chi connectivity index (χ0n) is 14.9. The van der Waals surface area contributed by atoms with Crippen molar-refractivity contribution >= 4 is 34.8 Å². The molecule has 5 nitrogen and oxygen atoms in total. The van der Waals surface area contributed by atoms with E-state index in [1.807, 2.05) is 61.5 Å². The summed E-state index contributed by atoms with van der Waals surface area (Å²) >= 11 is 6.17. The van der Waals surface area contributed by atoms with E-state index in [9.17, 15) is 9.59 Å². The summed E-state index contributed by atoms with van der Waals surface area (Å²) in [6.07, 6.45) is 0.228. The van der Waals surface area contributed by atoms with Gasteiger partial charge in [0.05, 0.1) is 5.92 Å². The fourth-order valence-electron chi connectivity index (χ4n) is 3.02. The van der Waals surface area contributed by atoms with Gasteiger partial charge in [-0.15, -0.1) is 0 Å². The van der Waals surface area contributed by atoms with E-state index in [2.05, 4.69) is 5.32 Å². The van der Waals surface area contributed by atoms with E-state index in [0.717, 1.165) is 16.9 Å². The number of hydrogen-bond acceptors (Lipinski definition) is 3. The predicted molar refractivity (Wildman–Crippen MR) is 104 cm³/mol. The van der Waals surface area contributed by atoms with E-state index in [4.69, 9.17) is 11.6 Å². The average molecular weight is 372 g/mol. The SMILES string of the molecule is CN(C)c1ccc(NC(=O)C2CC(=O)N(Cc3ccccc3Cl)C2)cc1. The summed E-state index contributed by atoms with van der Waals surface area (Å²) in [5.74, 6) is -0.496. The third-order valence-electron chi connectivity index (χ3n) is 4.56. The van der Waals surface area contributed by atoms with E-state index < -0.39 is 0 Å². The fraction of sp³-hybridized carbons (Fsp3) is 0.300. The molecule has 0 saturated carbocycles. The molecule has 1 fully saturated rings. The van der Waals surface area contributed by atoms with Crippen LogP contribution in [0.15, 0.2) is 48.5 Å². The molecule has 0 bridgehead atoms. The molecule has 0 aliphatic carbocycles. The van der Waals surface area contributed by atoms with Crippen LogP contribution in [0.1, 0.15) is 12.0 Å². The van der Waals surface area contributed by atoms with Crippen LogP contribution in [0.25, 0.3) is 0 Å². The first-order valence-corrected chi connectivity index (χ1v) is 8.91. The first-order valence-electron chi connectivity index (χ1n) is 8.53. The van der Waals surface area contributed by atoms with Gasteiger partial charge in [0.1, 0.15) is 0 Å². The summed E-state index contributed by atoms with van der Waals surface area (Å²) in [6.45, 7) is 0.839. The van der Waals surface area contributed by atoms with Crippen LogP contribution in [-0.4, -0.2) is 37.4 Å². The summed E-state index contributed by atoms with van der Waals surface area (Å²) < 4.78 is 0. The van der Waals surface area contributed by atoms with Crippen LogP contribution in [0.4, 0.5) is 11.4 Å². The van der Waals surface area contributed by atoms with Crippen LogP contribution >= 0.6 is 11.6 Å². The van der Waals surface area contributed by atoms with Crippen LogP contribution in [0.5, 0.6) is 0 Å². The van der Waals surface area contributed by atoms with Gasteiger partial charge < -0.3 is 15.1 Å². The minimum absolute atomic E-state index is 0.0203. The van der Waals surface area contributed by atoms with Crippen molar-refractivity contribution in [3.8, 4) is 0 Å². The zero-order chi connectivity index (χ0) is 18.7. The lowest BCUT2D eigenvalue weighted by Crippen LogP contribution is -2.28. The largest absolute Gasteiger partial charge is 0.378 e. The Hall–Kier alpha value is -2.53. The number of carbonyl (C=O) groups is 2. The Bertz CT molecular complexity index is 805. The molecular formula is C20H22ClN3O2. The van der Waals surface area contributed by atoms with Crippen molar-refractivity contribution in [1.82, 2.24) is 4.90 Å². The van der Waals surface area contributed by atoms with Crippen molar-refractivity contribution in [2.75, 3.05) is 30.9 Å². The highest BCUT2D eigenvalue weighted by Gasteiger charge is 2.34. The van der Waals surface area contributed by atoms with Crippen molar-refractivity contribution in [2.45, 2.75) is 13.0 Å². The topological polar surface area (TPSA) is 52.7 Å². The summed E-state index contributed by atoms with van der Waals surface area (Å²) in [5, 5.41) is 3.54. The number of nitrogens with one attached hydrogen (secondary N) is 1. The van der Waals surface area contributed by atoms with Gasteiger partial charge in [0.2, 0.25) is 11.8 Å². The van der Waals surface area contributed by atoms with Gasteiger partial charge in [-0.05, 0) is 35.9 Å². The molecule has 0 spiro atoms. The summed E-state index contributed by atoms with van der Waals surface area (Å²) in [4.78, 5) is 28.5. The number of carbonyl (C=O) groups excluding carboxylic acids is 2. The maximum absolute atomic E-state index is 12.5. The maximum atomic E-state index is 12.5. The number of likely N-dealkylation sites (tertiary alicyclic amines) is 1. The molecule has 2 aromatic carbocycles. The number of halogens is 1. The molecule has 1 atom stereocenters. The second-order valence-electron chi connectivity index (χ2n) is 6.70. The lowest BCUT2D eigenvalue weighted by atomic mass is 10.1. The average Bonchev–Trinajstić information content (AvgIpc) is 2.98. The molecule has 136 valence electrons. The van der Waals surface area contributed by atoms with Crippen molar-refractivity contribution in [2.24, 2.45) is 5.92 Å². The smallest absolute Gasteiger partial charge is 0.229 e. The lowest BCUT2D eigenvalue weighted by molar-refractivity contribution is -0.128. The van der Waals surface area contributed by atoms with Gasteiger partial charge in [-0.3, -0.25) is 9.59 Å². The lowest BCUT2D eigenvalue weighted by Gasteiger charge is -2.17. The Morgan fingerprint density at radius 1 is 1.19 bits per heavy atom. The Labute approximate surface area is 158 Å². The monoisotopic (exact) mass is 371 g/mol. The van der Waals surface area contributed by atoms with E-state index in [-0.39, 0.29) is 24.2 Å².